The van der Waals surface area contributed by atoms with Gasteiger partial charge < -0.3 is 5.32 Å². The lowest BCUT2D eigenvalue weighted by atomic mass is 10.1. The second-order valence-electron chi connectivity index (χ2n) is 6.38. The molecule has 5 nitrogen and oxygen atoms in total. The molecule has 2 aliphatic rings. The van der Waals surface area contributed by atoms with Crippen molar-refractivity contribution in [2.45, 2.75) is 45.3 Å². The number of hydrogen-bond acceptors (Lipinski definition) is 4. The Balaban J connectivity index is 1.48. The molecule has 1 aromatic heterocycles. The minimum absolute atomic E-state index is 0.557. The molecule has 2 aliphatic heterocycles. The molecule has 0 radical (unpaired) electrons. The molecule has 118 valence electrons. The van der Waals surface area contributed by atoms with E-state index >= 15 is 0 Å². The van der Waals surface area contributed by atoms with Crippen LogP contribution in [0.15, 0.2) is 12.3 Å². The van der Waals surface area contributed by atoms with E-state index in [1.807, 2.05) is 0 Å². The van der Waals surface area contributed by atoms with Gasteiger partial charge in [-0.2, -0.15) is 5.10 Å². The number of nitrogens with one attached hydrogen (secondary N) is 1. The third-order valence-electron chi connectivity index (χ3n) is 5.05. The van der Waals surface area contributed by atoms with Crippen LogP contribution < -0.4 is 5.32 Å². The van der Waals surface area contributed by atoms with E-state index in [0.29, 0.717) is 6.04 Å². The van der Waals surface area contributed by atoms with E-state index in [-0.39, 0.29) is 0 Å². The summed E-state index contributed by atoms with van der Waals surface area (Å²) in [7, 11) is 0. The van der Waals surface area contributed by atoms with Crippen molar-refractivity contribution in [1.82, 2.24) is 24.9 Å². The highest BCUT2D eigenvalue weighted by atomic mass is 15.3. The number of piperazine rings is 1. The van der Waals surface area contributed by atoms with Crippen molar-refractivity contribution in [1.29, 1.82) is 0 Å². The second-order valence-corrected chi connectivity index (χ2v) is 6.38. The fourth-order valence-electron chi connectivity index (χ4n) is 3.38. The zero-order chi connectivity index (χ0) is 14.7. The van der Waals surface area contributed by atoms with Crippen LogP contribution in [0, 0.1) is 0 Å². The van der Waals surface area contributed by atoms with Crippen LogP contribution in [0.3, 0.4) is 0 Å². The summed E-state index contributed by atoms with van der Waals surface area (Å²) in [5.41, 5.74) is 1.22. The lowest BCUT2D eigenvalue weighted by Crippen LogP contribution is -2.61. The topological polar surface area (TPSA) is 36.3 Å². The average molecular weight is 291 g/mol. The van der Waals surface area contributed by atoms with Crippen molar-refractivity contribution in [3.05, 3.63) is 18.0 Å². The highest BCUT2D eigenvalue weighted by molar-refractivity contribution is 5.00. The molecule has 21 heavy (non-hydrogen) atoms. The van der Waals surface area contributed by atoms with Crippen molar-refractivity contribution in [3.63, 3.8) is 0 Å². The fraction of sp³-hybridized carbons (Fsp3) is 0.812. The normalized spacial score (nSPS) is 21.9. The Morgan fingerprint density at radius 2 is 1.90 bits per heavy atom. The lowest BCUT2D eigenvalue weighted by Gasteiger charge is -2.43. The predicted molar refractivity (Wildman–Crippen MR) is 85.4 cm³/mol. The third kappa shape index (κ3) is 3.47. The maximum absolute atomic E-state index is 4.78. The maximum atomic E-state index is 4.78. The summed E-state index contributed by atoms with van der Waals surface area (Å²) in [6.07, 6.45) is 4.47. The smallest absolute Gasteiger partial charge is 0.0764 e. The Morgan fingerprint density at radius 3 is 2.48 bits per heavy atom. The highest BCUT2D eigenvalue weighted by Gasteiger charge is 2.27. The SMILES string of the molecule is CCC(CC)n1ccc(CN2CCN(C3CNC3)CC2)n1. The van der Waals surface area contributed by atoms with Gasteiger partial charge in [0.25, 0.3) is 0 Å². The van der Waals surface area contributed by atoms with Crippen LogP contribution >= 0.6 is 0 Å². The molecule has 0 aromatic carbocycles. The first kappa shape index (κ1) is 15.0. The zero-order valence-electron chi connectivity index (χ0n) is 13.5. The van der Waals surface area contributed by atoms with E-state index in [2.05, 4.69) is 45.9 Å². The molecule has 1 N–H and O–H groups in total. The average Bonchev–Trinajstić information content (AvgIpc) is 2.89. The molecule has 1 aromatic rings. The quantitative estimate of drug-likeness (QED) is 0.858. The molecule has 0 unspecified atom stereocenters. The summed E-state index contributed by atoms with van der Waals surface area (Å²) in [6, 6.07) is 3.54. The van der Waals surface area contributed by atoms with E-state index in [0.717, 1.165) is 25.4 Å². The molecular weight excluding hydrogens is 262 g/mol. The van der Waals surface area contributed by atoms with Gasteiger partial charge in [-0.15, -0.1) is 0 Å². The number of hydrogen-bond donors (Lipinski definition) is 1. The van der Waals surface area contributed by atoms with Gasteiger partial charge in [0.05, 0.1) is 11.7 Å². The summed E-state index contributed by atoms with van der Waals surface area (Å²) < 4.78 is 2.16. The van der Waals surface area contributed by atoms with Crippen molar-refractivity contribution in [2.75, 3.05) is 39.3 Å². The molecule has 0 atom stereocenters. The summed E-state index contributed by atoms with van der Waals surface area (Å²) >= 11 is 0. The van der Waals surface area contributed by atoms with Gasteiger partial charge in [0, 0.05) is 58.1 Å². The first-order valence-corrected chi connectivity index (χ1v) is 8.51. The Labute approximate surface area is 128 Å². The third-order valence-corrected chi connectivity index (χ3v) is 5.05. The van der Waals surface area contributed by atoms with Gasteiger partial charge in [0.2, 0.25) is 0 Å². The van der Waals surface area contributed by atoms with Crippen molar-refractivity contribution < 1.29 is 0 Å². The van der Waals surface area contributed by atoms with E-state index in [1.54, 1.807) is 0 Å². The minimum Gasteiger partial charge on any atom is -0.314 e. The van der Waals surface area contributed by atoms with Gasteiger partial charge in [-0.05, 0) is 18.9 Å². The minimum atomic E-state index is 0.557. The van der Waals surface area contributed by atoms with Gasteiger partial charge in [0.1, 0.15) is 0 Å². The highest BCUT2D eigenvalue weighted by Crippen LogP contribution is 2.16. The summed E-state index contributed by atoms with van der Waals surface area (Å²) in [4.78, 5) is 5.18. The van der Waals surface area contributed by atoms with Crippen molar-refractivity contribution in [2.24, 2.45) is 0 Å². The second kappa shape index (κ2) is 6.90. The fourth-order valence-corrected chi connectivity index (χ4v) is 3.38. The molecule has 3 heterocycles. The first-order chi connectivity index (χ1) is 10.3. The van der Waals surface area contributed by atoms with Crippen LogP contribution in [0.4, 0.5) is 0 Å². The number of rotatable bonds is 6. The number of aromatic nitrogens is 2. The van der Waals surface area contributed by atoms with Crippen molar-refractivity contribution >= 4 is 0 Å². The molecule has 2 saturated heterocycles. The first-order valence-electron chi connectivity index (χ1n) is 8.51. The van der Waals surface area contributed by atoms with Crippen LogP contribution in [-0.2, 0) is 6.54 Å². The van der Waals surface area contributed by atoms with Gasteiger partial charge in [-0.3, -0.25) is 14.5 Å². The molecule has 0 amide bonds. The van der Waals surface area contributed by atoms with Crippen molar-refractivity contribution in [3.8, 4) is 0 Å². The lowest BCUT2D eigenvalue weighted by molar-refractivity contribution is 0.0689. The Hall–Kier alpha value is -0.910. The van der Waals surface area contributed by atoms with E-state index < -0.39 is 0 Å². The van der Waals surface area contributed by atoms with E-state index in [4.69, 9.17) is 5.10 Å². The van der Waals surface area contributed by atoms with Crippen LogP contribution in [0.5, 0.6) is 0 Å². The molecule has 5 heteroatoms. The van der Waals surface area contributed by atoms with Crippen LogP contribution in [0.2, 0.25) is 0 Å². The zero-order valence-corrected chi connectivity index (χ0v) is 13.5. The monoisotopic (exact) mass is 291 g/mol. The Morgan fingerprint density at radius 1 is 1.19 bits per heavy atom. The van der Waals surface area contributed by atoms with Gasteiger partial charge >= 0.3 is 0 Å². The maximum Gasteiger partial charge on any atom is 0.0764 e. The van der Waals surface area contributed by atoms with Gasteiger partial charge in [0.15, 0.2) is 0 Å². The number of nitrogens with zero attached hydrogens (tertiary/aromatic N) is 4. The molecule has 0 aliphatic carbocycles. The predicted octanol–water partition coefficient (Wildman–Crippen LogP) is 1.33. The molecule has 3 rings (SSSR count). The molecular formula is C16H29N5. The largest absolute Gasteiger partial charge is 0.314 e. The van der Waals surface area contributed by atoms with Gasteiger partial charge in [-0.25, -0.2) is 0 Å². The summed E-state index contributed by atoms with van der Waals surface area (Å²) in [5.74, 6) is 0. The Bertz CT molecular complexity index is 428. The Kier molecular flexibility index (Phi) is 4.93. The van der Waals surface area contributed by atoms with Crippen LogP contribution in [0.25, 0.3) is 0 Å². The van der Waals surface area contributed by atoms with E-state index in [1.165, 1.54) is 45.0 Å². The standard InChI is InChI=1S/C16H29N5/c1-3-15(4-2)21-6-5-14(18-21)13-19-7-9-20(10-8-19)16-11-17-12-16/h5-6,15-17H,3-4,7-13H2,1-2H3. The van der Waals surface area contributed by atoms with E-state index in [9.17, 15) is 0 Å². The molecule has 0 bridgehead atoms. The molecule has 2 fully saturated rings. The molecule has 0 saturated carbocycles. The van der Waals surface area contributed by atoms with Crippen LogP contribution in [-0.4, -0.2) is 64.9 Å². The molecule has 0 spiro atoms. The van der Waals surface area contributed by atoms with Crippen LogP contribution in [0.1, 0.15) is 38.4 Å². The summed E-state index contributed by atoms with van der Waals surface area (Å²) in [6.45, 7) is 12.6. The van der Waals surface area contributed by atoms with Gasteiger partial charge in [-0.1, -0.05) is 13.8 Å². The summed E-state index contributed by atoms with van der Waals surface area (Å²) in [5, 5.41) is 8.15.